The van der Waals surface area contributed by atoms with E-state index in [1.54, 1.807) is 18.2 Å². The van der Waals surface area contributed by atoms with Gasteiger partial charge in [0.2, 0.25) is 0 Å². The molecular weight excluding hydrogens is 236 g/mol. The van der Waals surface area contributed by atoms with Gasteiger partial charge in [-0.05, 0) is 31.0 Å². The van der Waals surface area contributed by atoms with Crippen LogP contribution >= 0.6 is 11.6 Å². The normalized spacial score (nSPS) is 13.9. The Balaban J connectivity index is 2.45. The van der Waals surface area contributed by atoms with Crippen molar-refractivity contribution in [1.29, 1.82) is 0 Å². The van der Waals surface area contributed by atoms with Crippen molar-refractivity contribution in [1.82, 2.24) is 0 Å². The molecule has 0 atom stereocenters. The molecular formula is C14H11ClO2. The first-order valence-corrected chi connectivity index (χ1v) is 5.86. The predicted molar refractivity (Wildman–Crippen MR) is 68.8 cm³/mol. The molecule has 0 saturated carbocycles. The molecule has 1 aliphatic rings. The molecule has 3 heteroatoms. The Morgan fingerprint density at radius 3 is 2.12 bits per heavy atom. The van der Waals surface area contributed by atoms with Crippen molar-refractivity contribution < 1.29 is 10.2 Å². The van der Waals surface area contributed by atoms with Crippen LogP contribution in [-0.4, -0.2) is 10.2 Å². The van der Waals surface area contributed by atoms with Gasteiger partial charge in [0.15, 0.2) is 0 Å². The van der Waals surface area contributed by atoms with Crippen molar-refractivity contribution in [2.75, 3.05) is 0 Å². The van der Waals surface area contributed by atoms with Crippen LogP contribution < -0.4 is 0 Å². The zero-order valence-corrected chi connectivity index (χ0v) is 9.83. The Morgan fingerprint density at radius 1 is 0.882 bits per heavy atom. The molecule has 0 aliphatic heterocycles. The Kier molecular flexibility index (Phi) is 2.26. The van der Waals surface area contributed by atoms with Crippen LogP contribution in [-0.2, 0) is 12.8 Å². The summed E-state index contributed by atoms with van der Waals surface area (Å²) in [6, 6.07) is 5.14. The highest BCUT2D eigenvalue weighted by Gasteiger charge is 2.19. The fourth-order valence-corrected chi connectivity index (χ4v) is 2.54. The van der Waals surface area contributed by atoms with Crippen LogP contribution in [0.15, 0.2) is 30.4 Å². The maximum Gasteiger partial charge on any atom is 0.127 e. The van der Waals surface area contributed by atoms with Crippen LogP contribution in [0.2, 0.25) is 5.02 Å². The van der Waals surface area contributed by atoms with E-state index in [0.717, 1.165) is 11.1 Å². The monoisotopic (exact) mass is 246 g/mol. The average molecular weight is 247 g/mol. The molecule has 0 aromatic heterocycles. The highest BCUT2D eigenvalue weighted by Crippen LogP contribution is 2.42. The first-order valence-electron chi connectivity index (χ1n) is 5.48. The van der Waals surface area contributed by atoms with Gasteiger partial charge in [-0.2, -0.15) is 0 Å². The van der Waals surface area contributed by atoms with Crippen LogP contribution in [0, 0.1) is 0 Å². The fraction of sp³-hybridized carbons (Fsp3) is 0.143. The highest BCUT2D eigenvalue weighted by molar-refractivity contribution is 6.31. The van der Waals surface area contributed by atoms with E-state index < -0.39 is 0 Å². The van der Waals surface area contributed by atoms with E-state index in [-0.39, 0.29) is 11.5 Å². The number of phenols is 2. The van der Waals surface area contributed by atoms with Crippen molar-refractivity contribution in [3.05, 3.63) is 46.5 Å². The lowest BCUT2D eigenvalue weighted by Crippen LogP contribution is -1.99. The maximum absolute atomic E-state index is 10.2. The SMILES string of the molecule is Oc1c2c(c(O)c3cc(Cl)ccc13)CC=CC2. The fourth-order valence-electron chi connectivity index (χ4n) is 2.37. The smallest absolute Gasteiger partial charge is 0.127 e. The third kappa shape index (κ3) is 1.48. The first-order chi connectivity index (χ1) is 8.18. The van der Waals surface area contributed by atoms with E-state index in [9.17, 15) is 10.2 Å². The Bertz CT molecular complexity index is 644. The van der Waals surface area contributed by atoms with Gasteiger partial charge in [-0.3, -0.25) is 0 Å². The van der Waals surface area contributed by atoms with Crippen LogP contribution in [0.25, 0.3) is 10.8 Å². The molecule has 86 valence electrons. The Labute approximate surface area is 104 Å². The van der Waals surface area contributed by atoms with Gasteiger partial charge < -0.3 is 10.2 Å². The molecule has 0 unspecified atom stereocenters. The molecule has 0 bridgehead atoms. The zero-order valence-electron chi connectivity index (χ0n) is 9.07. The van der Waals surface area contributed by atoms with Gasteiger partial charge >= 0.3 is 0 Å². The molecule has 0 amide bonds. The maximum atomic E-state index is 10.2. The van der Waals surface area contributed by atoms with Crippen LogP contribution in [0.4, 0.5) is 0 Å². The van der Waals surface area contributed by atoms with E-state index in [0.29, 0.717) is 28.6 Å². The number of fused-ring (bicyclic) bond motifs is 2. The van der Waals surface area contributed by atoms with Crippen molar-refractivity contribution >= 4 is 22.4 Å². The average Bonchev–Trinajstić information content (AvgIpc) is 2.36. The second-order valence-corrected chi connectivity index (χ2v) is 4.66. The number of rotatable bonds is 0. The molecule has 0 heterocycles. The van der Waals surface area contributed by atoms with E-state index >= 15 is 0 Å². The van der Waals surface area contributed by atoms with Gasteiger partial charge in [0.05, 0.1) is 0 Å². The summed E-state index contributed by atoms with van der Waals surface area (Å²) in [6.07, 6.45) is 5.31. The standard InChI is InChI=1S/C14H11ClO2/c15-8-5-6-11-12(7-8)14(17)10-4-2-1-3-9(10)13(11)16/h1-2,5-7,16-17H,3-4H2. The van der Waals surface area contributed by atoms with Gasteiger partial charge in [-0.15, -0.1) is 0 Å². The quantitative estimate of drug-likeness (QED) is 0.551. The second kappa shape index (κ2) is 3.67. The lowest BCUT2D eigenvalue weighted by molar-refractivity contribution is 0.459. The van der Waals surface area contributed by atoms with Crippen LogP contribution in [0.5, 0.6) is 11.5 Å². The van der Waals surface area contributed by atoms with Gasteiger partial charge in [-0.25, -0.2) is 0 Å². The summed E-state index contributed by atoms with van der Waals surface area (Å²) in [6.45, 7) is 0. The third-order valence-electron chi connectivity index (χ3n) is 3.24. The molecule has 0 radical (unpaired) electrons. The minimum absolute atomic E-state index is 0.236. The third-order valence-corrected chi connectivity index (χ3v) is 3.47. The van der Waals surface area contributed by atoms with Crippen LogP contribution in [0.1, 0.15) is 11.1 Å². The van der Waals surface area contributed by atoms with Crippen molar-refractivity contribution in [2.45, 2.75) is 12.8 Å². The Morgan fingerprint density at radius 2 is 1.47 bits per heavy atom. The number of hydrogen-bond donors (Lipinski definition) is 2. The molecule has 0 fully saturated rings. The molecule has 2 N–H and O–H groups in total. The van der Waals surface area contributed by atoms with E-state index in [2.05, 4.69) is 0 Å². The summed E-state index contributed by atoms with van der Waals surface area (Å²) >= 11 is 5.92. The van der Waals surface area contributed by atoms with Gasteiger partial charge in [-0.1, -0.05) is 23.8 Å². The van der Waals surface area contributed by atoms with E-state index in [1.165, 1.54) is 0 Å². The van der Waals surface area contributed by atoms with E-state index in [4.69, 9.17) is 11.6 Å². The topological polar surface area (TPSA) is 40.5 Å². The molecule has 2 aromatic rings. The molecule has 2 nitrogen and oxygen atoms in total. The van der Waals surface area contributed by atoms with Crippen molar-refractivity contribution in [3.8, 4) is 11.5 Å². The number of phenolic OH excluding ortho intramolecular Hbond substituents is 2. The molecule has 1 aliphatic carbocycles. The minimum Gasteiger partial charge on any atom is -0.507 e. The summed E-state index contributed by atoms with van der Waals surface area (Å²) in [5, 5.41) is 22.3. The lowest BCUT2D eigenvalue weighted by atomic mass is 9.91. The summed E-state index contributed by atoms with van der Waals surface area (Å²) in [7, 11) is 0. The molecule has 2 aromatic carbocycles. The van der Waals surface area contributed by atoms with Gasteiger partial charge in [0.1, 0.15) is 11.5 Å². The van der Waals surface area contributed by atoms with Crippen LogP contribution in [0.3, 0.4) is 0 Å². The van der Waals surface area contributed by atoms with Crippen molar-refractivity contribution in [3.63, 3.8) is 0 Å². The first kappa shape index (κ1) is 10.5. The number of hydrogen-bond acceptors (Lipinski definition) is 2. The second-order valence-electron chi connectivity index (χ2n) is 4.22. The summed E-state index contributed by atoms with van der Waals surface area (Å²) < 4.78 is 0. The van der Waals surface area contributed by atoms with E-state index in [1.807, 2.05) is 12.2 Å². The number of aromatic hydroxyl groups is 2. The molecule has 3 rings (SSSR count). The van der Waals surface area contributed by atoms with Gasteiger partial charge in [0, 0.05) is 26.9 Å². The molecule has 17 heavy (non-hydrogen) atoms. The summed E-state index contributed by atoms with van der Waals surface area (Å²) in [5.74, 6) is 0.494. The highest BCUT2D eigenvalue weighted by atomic mass is 35.5. The van der Waals surface area contributed by atoms with Crippen molar-refractivity contribution in [2.24, 2.45) is 0 Å². The Hall–Kier alpha value is -1.67. The van der Waals surface area contributed by atoms with Gasteiger partial charge in [0.25, 0.3) is 0 Å². The lowest BCUT2D eigenvalue weighted by Gasteiger charge is -2.17. The molecule has 0 saturated heterocycles. The number of allylic oxidation sites excluding steroid dienone is 2. The predicted octanol–water partition coefficient (Wildman–Crippen LogP) is 3.56. The number of halogens is 1. The zero-order chi connectivity index (χ0) is 12.0. The minimum atomic E-state index is 0.236. The summed E-state index contributed by atoms with van der Waals surface area (Å²) in [4.78, 5) is 0. The molecule has 0 spiro atoms. The summed E-state index contributed by atoms with van der Waals surface area (Å²) in [5.41, 5.74) is 1.62. The largest absolute Gasteiger partial charge is 0.507 e. The number of benzene rings is 2.